The van der Waals surface area contributed by atoms with Crippen molar-refractivity contribution in [2.45, 2.75) is 20.5 Å². The summed E-state index contributed by atoms with van der Waals surface area (Å²) in [4.78, 5) is 35.2. The van der Waals surface area contributed by atoms with E-state index in [0.29, 0.717) is 18.1 Å². The Bertz CT molecular complexity index is 1120. The van der Waals surface area contributed by atoms with Gasteiger partial charge in [0.15, 0.2) is 5.76 Å². The molecule has 0 aliphatic carbocycles. The van der Waals surface area contributed by atoms with E-state index in [0.717, 1.165) is 0 Å². The third-order valence-corrected chi connectivity index (χ3v) is 4.39. The molecule has 0 saturated carbocycles. The molecule has 32 heavy (non-hydrogen) atoms. The van der Waals surface area contributed by atoms with Crippen LogP contribution in [0.3, 0.4) is 0 Å². The predicted octanol–water partition coefficient (Wildman–Crippen LogP) is 3.14. The number of carbonyl (C=O) groups excluding carboxylic acids is 2. The number of nitro groups is 1. The van der Waals surface area contributed by atoms with Crippen LogP contribution < -0.4 is 15.4 Å². The number of rotatable bonds is 9. The topological polar surface area (TPSA) is 142 Å². The summed E-state index contributed by atoms with van der Waals surface area (Å²) in [5, 5.41) is 20.2. The smallest absolute Gasteiger partial charge is 0.291 e. The van der Waals surface area contributed by atoms with Crippen LogP contribution in [-0.4, -0.2) is 33.1 Å². The Hall–Kier alpha value is -4.15. The minimum absolute atomic E-state index is 0.0286. The number of ether oxygens (including phenoxy) is 1. The number of anilines is 1. The van der Waals surface area contributed by atoms with Gasteiger partial charge in [0.05, 0.1) is 16.8 Å². The van der Waals surface area contributed by atoms with Crippen LogP contribution in [0.25, 0.3) is 0 Å². The molecule has 0 saturated heterocycles. The minimum atomic E-state index is -0.544. The fourth-order valence-corrected chi connectivity index (χ4v) is 2.76. The predicted molar refractivity (Wildman–Crippen MR) is 114 cm³/mol. The van der Waals surface area contributed by atoms with Crippen molar-refractivity contribution in [3.05, 3.63) is 69.9 Å². The number of nitrogens with one attached hydrogen (secondary N) is 2. The highest BCUT2D eigenvalue weighted by atomic mass is 16.6. The van der Waals surface area contributed by atoms with Gasteiger partial charge in [-0.2, -0.15) is 5.10 Å². The van der Waals surface area contributed by atoms with Crippen molar-refractivity contribution in [3.63, 3.8) is 0 Å². The lowest BCUT2D eigenvalue weighted by Crippen LogP contribution is -2.30. The molecule has 0 radical (unpaired) electrons. The third-order valence-electron chi connectivity index (χ3n) is 4.39. The minimum Gasteiger partial charge on any atom is -0.486 e. The molecule has 2 N–H and O–H groups in total. The maximum absolute atomic E-state index is 12.6. The summed E-state index contributed by atoms with van der Waals surface area (Å²) >= 11 is 0. The SMILES string of the molecule is CC(C)CNC(=O)c1c(NC(=O)c2ccc(COc3ccc([N+](=O)[O-])cc3)o2)cnn1C. The number of nitrogens with zero attached hydrogens (tertiary/aromatic N) is 3. The van der Waals surface area contributed by atoms with Crippen LogP contribution in [0.15, 0.2) is 47.0 Å². The Morgan fingerprint density at radius 2 is 1.91 bits per heavy atom. The molecule has 11 heteroatoms. The molecular weight excluding hydrogens is 418 g/mol. The van der Waals surface area contributed by atoms with E-state index in [1.807, 2.05) is 13.8 Å². The van der Waals surface area contributed by atoms with Crippen LogP contribution in [0.1, 0.15) is 40.7 Å². The molecule has 2 heterocycles. The fourth-order valence-electron chi connectivity index (χ4n) is 2.76. The van der Waals surface area contributed by atoms with Gasteiger partial charge in [-0.15, -0.1) is 0 Å². The highest BCUT2D eigenvalue weighted by Gasteiger charge is 2.20. The van der Waals surface area contributed by atoms with Gasteiger partial charge in [0.1, 0.15) is 23.8 Å². The van der Waals surface area contributed by atoms with E-state index in [1.54, 1.807) is 13.1 Å². The average molecular weight is 441 g/mol. The van der Waals surface area contributed by atoms with Gasteiger partial charge < -0.3 is 19.8 Å². The molecule has 0 aliphatic heterocycles. The fraction of sp³-hybridized carbons (Fsp3) is 0.286. The Morgan fingerprint density at radius 3 is 2.56 bits per heavy atom. The van der Waals surface area contributed by atoms with Gasteiger partial charge in [-0.3, -0.25) is 24.4 Å². The molecule has 0 spiro atoms. The van der Waals surface area contributed by atoms with Crippen LogP contribution in [-0.2, 0) is 13.7 Å². The summed E-state index contributed by atoms with van der Waals surface area (Å²) in [5.41, 5.74) is 0.452. The highest BCUT2D eigenvalue weighted by Crippen LogP contribution is 2.20. The Balaban J connectivity index is 1.61. The molecule has 2 aromatic heterocycles. The number of amides is 2. The molecule has 2 amide bonds. The molecule has 3 rings (SSSR count). The van der Waals surface area contributed by atoms with Crippen molar-refractivity contribution < 1.29 is 23.7 Å². The molecule has 3 aromatic rings. The zero-order chi connectivity index (χ0) is 23.3. The molecule has 0 aliphatic rings. The number of non-ortho nitro benzene ring substituents is 1. The quantitative estimate of drug-likeness (QED) is 0.384. The number of aromatic nitrogens is 2. The molecule has 0 fully saturated rings. The second-order valence-electron chi connectivity index (χ2n) is 7.39. The molecule has 1 aromatic carbocycles. The first-order valence-corrected chi connectivity index (χ1v) is 9.82. The van der Waals surface area contributed by atoms with Crippen molar-refractivity contribution in [2.75, 3.05) is 11.9 Å². The largest absolute Gasteiger partial charge is 0.486 e. The van der Waals surface area contributed by atoms with Gasteiger partial charge >= 0.3 is 0 Å². The van der Waals surface area contributed by atoms with Crippen LogP contribution in [0.5, 0.6) is 5.75 Å². The van der Waals surface area contributed by atoms with Crippen molar-refractivity contribution in [1.29, 1.82) is 0 Å². The number of hydrogen-bond acceptors (Lipinski definition) is 7. The lowest BCUT2D eigenvalue weighted by molar-refractivity contribution is -0.384. The summed E-state index contributed by atoms with van der Waals surface area (Å²) in [7, 11) is 1.61. The van der Waals surface area contributed by atoms with Crippen molar-refractivity contribution in [3.8, 4) is 5.75 Å². The average Bonchev–Trinajstić information content (AvgIpc) is 3.37. The second kappa shape index (κ2) is 9.77. The van der Waals surface area contributed by atoms with Crippen LogP contribution in [0.2, 0.25) is 0 Å². The number of nitro benzene ring substituents is 1. The summed E-state index contributed by atoms with van der Waals surface area (Å²) in [6.45, 7) is 4.48. The van der Waals surface area contributed by atoms with Crippen LogP contribution in [0.4, 0.5) is 11.4 Å². The van der Waals surface area contributed by atoms with E-state index in [9.17, 15) is 19.7 Å². The van der Waals surface area contributed by atoms with Gasteiger partial charge in [0, 0.05) is 25.7 Å². The van der Waals surface area contributed by atoms with E-state index >= 15 is 0 Å². The van der Waals surface area contributed by atoms with E-state index in [2.05, 4.69) is 15.7 Å². The van der Waals surface area contributed by atoms with Gasteiger partial charge in [-0.1, -0.05) is 13.8 Å². The zero-order valence-corrected chi connectivity index (χ0v) is 17.8. The standard InChI is InChI=1S/C21H23N5O6/c1-13(2)10-22-21(28)19-17(11-23-25(19)3)24-20(27)18-9-8-16(32-18)12-31-15-6-4-14(5-7-15)26(29)30/h4-9,11,13H,10,12H2,1-3H3,(H,22,28)(H,24,27). The summed E-state index contributed by atoms with van der Waals surface area (Å²) in [6.07, 6.45) is 1.39. The number of furan rings is 1. The molecular formula is C21H23N5O6. The first kappa shape index (κ1) is 22.5. The number of hydrogen-bond donors (Lipinski definition) is 2. The van der Waals surface area contributed by atoms with Gasteiger partial charge in [0.2, 0.25) is 0 Å². The second-order valence-corrected chi connectivity index (χ2v) is 7.39. The Morgan fingerprint density at radius 1 is 1.19 bits per heavy atom. The normalized spacial score (nSPS) is 10.8. The third kappa shape index (κ3) is 5.50. The Kier molecular flexibility index (Phi) is 6.88. The van der Waals surface area contributed by atoms with E-state index in [4.69, 9.17) is 9.15 Å². The molecule has 168 valence electrons. The highest BCUT2D eigenvalue weighted by molar-refractivity contribution is 6.07. The first-order valence-electron chi connectivity index (χ1n) is 9.82. The summed E-state index contributed by atoms with van der Waals surface area (Å²) in [6, 6.07) is 8.68. The first-order chi connectivity index (χ1) is 15.2. The molecule has 0 unspecified atom stereocenters. The van der Waals surface area contributed by atoms with Crippen LogP contribution in [0, 0.1) is 16.0 Å². The van der Waals surface area contributed by atoms with E-state index in [1.165, 1.54) is 41.2 Å². The van der Waals surface area contributed by atoms with Crippen LogP contribution >= 0.6 is 0 Å². The lowest BCUT2D eigenvalue weighted by Gasteiger charge is -2.10. The zero-order valence-electron chi connectivity index (χ0n) is 17.8. The monoisotopic (exact) mass is 441 g/mol. The van der Waals surface area contributed by atoms with Gasteiger partial charge in [0.25, 0.3) is 17.5 Å². The van der Waals surface area contributed by atoms with E-state index < -0.39 is 10.8 Å². The van der Waals surface area contributed by atoms with Crippen molar-refractivity contribution in [2.24, 2.45) is 13.0 Å². The molecule has 11 nitrogen and oxygen atoms in total. The maximum atomic E-state index is 12.6. The summed E-state index contributed by atoms with van der Waals surface area (Å²) in [5.74, 6) is 0.229. The number of benzene rings is 1. The summed E-state index contributed by atoms with van der Waals surface area (Å²) < 4.78 is 12.4. The van der Waals surface area contributed by atoms with Gasteiger partial charge in [-0.05, 0) is 30.2 Å². The molecule has 0 bridgehead atoms. The van der Waals surface area contributed by atoms with Crippen molar-refractivity contribution in [1.82, 2.24) is 15.1 Å². The van der Waals surface area contributed by atoms with E-state index in [-0.39, 0.29) is 41.3 Å². The molecule has 0 atom stereocenters. The van der Waals surface area contributed by atoms with Crippen molar-refractivity contribution >= 4 is 23.2 Å². The maximum Gasteiger partial charge on any atom is 0.291 e. The Labute approximate surface area is 183 Å². The number of carbonyl (C=O) groups is 2. The lowest BCUT2D eigenvalue weighted by atomic mass is 10.2. The number of aryl methyl sites for hydroxylation is 1. The van der Waals surface area contributed by atoms with Gasteiger partial charge in [-0.25, -0.2) is 0 Å².